The fourth-order valence-corrected chi connectivity index (χ4v) is 2.70. The van der Waals surface area contributed by atoms with Gasteiger partial charge in [-0.2, -0.15) is 0 Å². The molecule has 1 aromatic carbocycles. The van der Waals surface area contributed by atoms with Crippen molar-refractivity contribution in [3.63, 3.8) is 0 Å². The molecule has 0 spiro atoms. The Balaban J connectivity index is 1.77. The third-order valence-electron chi connectivity index (χ3n) is 3.04. The van der Waals surface area contributed by atoms with E-state index in [0.717, 1.165) is 5.69 Å². The molecule has 3 rings (SSSR count). The van der Waals surface area contributed by atoms with Gasteiger partial charge < -0.3 is 5.73 Å². The molecular formula is C13H11N3O2S. The quantitative estimate of drug-likeness (QED) is 0.861. The van der Waals surface area contributed by atoms with E-state index in [1.165, 1.54) is 16.2 Å². The molecule has 0 unspecified atom stereocenters. The number of imide groups is 1. The van der Waals surface area contributed by atoms with Crippen molar-refractivity contribution >= 4 is 28.3 Å². The number of nitrogens with zero attached hydrogens (tertiary/aromatic N) is 2. The lowest BCUT2D eigenvalue weighted by atomic mass is 10.1. The summed E-state index contributed by atoms with van der Waals surface area (Å²) in [6.07, 6.45) is 0.527. The molecule has 2 N–H and O–H groups in total. The summed E-state index contributed by atoms with van der Waals surface area (Å²) in [6, 6.07) is 6.87. The summed E-state index contributed by atoms with van der Waals surface area (Å²) in [7, 11) is 0. The van der Waals surface area contributed by atoms with Gasteiger partial charge in [0.1, 0.15) is 0 Å². The Hall–Kier alpha value is -2.21. The molecule has 1 aromatic heterocycles. The fraction of sp³-hybridized carbons (Fsp3) is 0.154. The molecule has 0 saturated heterocycles. The lowest BCUT2D eigenvalue weighted by Crippen LogP contribution is -2.31. The summed E-state index contributed by atoms with van der Waals surface area (Å²) in [4.78, 5) is 29.6. The summed E-state index contributed by atoms with van der Waals surface area (Å²) < 4.78 is 0. The van der Waals surface area contributed by atoms with E-state index >= 15 is 0 Å². The zero-order valence-corrected chi connectivity index (χ0v) is 10.8. The Morgan fingerprint density at radius 2 is 1.79 bits per heavy atom. The van der Waals surface area contributed by atoms with Crippen molar-refractivity contribution in [3.8, 4) is 0 Å². The van der Waals surface area contributed by atoms with Crippen LogP contribution in [0.5, 0.6) is 0 Å². The van der Waals surface area contributed by atoms with E-state index in [-0.39, 0.29) is 11.8 Å². The summed E-state index contributed by atoms with van der Waals surface area (Å²) in [5.41, 5.74) is 7.30. The number of carbonyl (C=O) groups excluding carboxylic acids is 2. The van der Waals surface area contributed by atoms with Crippen molar-refractivity contribution in [2.24, 2.45) is 0 Å². The van der Waals surface area contributed by atoms with Crippen LogP contribution in [0.2, 0.25) is 0 Å². The number of rotatable bonds is 3. The van der Waals surface area contributed by atoms with Gasteiger partial charge in [-0.25, -0.2) is 4.98 Å². The van der Waals surface area contributed by atoms with Crippen LogP contribution in [0, 0.1) is 0 Å². The van der Waals surface area contributed by atoms with Crippen LogP contribution >= 0.6 is 11.3 Å². The lowest BCUT2D eigenvalue weighted by molar-refractivity contribution is 0.0656. The van der Waals surface area contributed by atoms with Gasteiger partial charge in [0, 0.05) is 18.3 Å². The second kappa shape index (κ2) is 4.47. The minimum atomic E-state index is -0.233. The largest absolute Gasteiger partial charge is 0.375 e. The number of aromatic nitrogens is 1. The molecule has 5 nitrogen and oxygen atoms in total. The van der Waals surface area contributed by atoms with E-state index in [1.807, 2.05) is 5.38 Å². The maximum atomic E-state index is 12.1. The van der Waals surface area contributed by atoms with Crippen molar-refractivity contribution in [3.05, 3.63) is 46.5 Å². The van der Waals surface area contributed by atoms with Crippen LogP contribution in [-0.2, 0) is 6.42 Å². The topological polar surface area (TPSA) is 76.3 Å². The Kier molecular flexibility index (Phi) is 2.79. The Bertz CT molecular complexity index is 630. The van der Waals surface area contributed by atoms with Gasteiger partial charge in [0.2, 0.25) is 0 Å². The van der Waals surface area contributed by atoms with Gasteiger partial charge in [0.05, 0.1) is 16.8 Å². The average Bonchev–Trinajstić information content (AvgIpc) is 2.93. The van der Waals surface area contributed by atoms with Gasteiger partial charge >= 0.3 is 0 Å². The van der Waals surface area contributed by atoms with E-state index in [0.29, 0.717) is 29.2 Å². The van der Waals surface area contributed by atoms with Gasteiger partial charge in [-0.1, -0.05) is 12.1 Å². The first-order valence-corrected chi connectivity index (χ1v) is 6.70. The molecule has 19 heavy (non-hydrogen) atoms. The molecule has 0 atom stereocenters. The number of anilines is 1. The van der Waals surface area contributed by atoms with Crippen molar-refractivity contribution in [2.45, 2.75) is 6.42 Å². The van der Waals surface area contributed by atoms with Gasteiger partial charge in [0.15, 0.2) is 5.13 Å². The van der Waals surface area contributed by atoms with Gasteiger partial charge in [0.25, 0.3) is 11.8 Å². The Morgan fingerprint density at radius 1 is 1.16 bits per heavy atom. The third kappa shape index (κ3) is 2.00. The van der Waals surface area contributed by atoms with Crippen LogP contribution in [0.25, 0.3) is 0 Å². The van der Waals surface area contributed by atoms with Crippen LogP contribution < -0.4 is 5.73 Å². The predicted octanol–water partition coefficient (Wildman–Crippen LogP) is 1.56. The van der Waals surface area contributed by atoms with E-state index in [9.17, 15) is 9.59 Å². The molecule has 2 heterocycles. The smallest absolute Gasteiger partial charge is 0.261 e. The van der Waals surface area contributed by atoms with E-state index in [1.54, 1.807) is 24.3 Å². The summed E-state index contributed by atoms with van der Waals surface area (Å²) >= 11 is 1.35. The first-order valence-electron chi connectivity index (χ1n) is 5.82. The zero-order chi connectivity index (χ0) is 13.4. The molecular weight excluding hydrogens is 262 g/mol. The number of fused-ring (bicyclic) bond motifs is 1. The molecule has 1 aliphatic rings. The minimum absolute atomic E-state index is 0.233. The number of thiazole rings is 1. The van der Waals surface area contributed by atoms with E-state index in [4.69, 9.17) is 5.73 Å². The Labute approximate surface area is 113 Å². The van der Waals surface area contributed by atoms with Gasteiger partial charge in [-0.3, -0.25) is 14.5 Å². The van der Waals surface area contributed by atoms with Crippen LogP contribution in [0.15, 0.2) is 29.6 Å². The van der Waals surface area contributed by atoms with Crippen molar-refractivity contribution in [1.29, 1.82) is 0 Å². The van der Waals surface area contributed by atoms with Crippen LogP contribution in [0.3, 0.4) is 0 Å². The summed E-state index contributed by atoms with van der Waals surface area (Å²) in [5, 5.41) is 2.34. The van der Waals surface area contributed by atoms with Crippen LogP contribution in [0.4, 0.5) is 5.13 Å². The van der Waals surface area contributed by atoms with Crippen LogP contribution in [-0.4, -0.2) is 28.2 Å². The summed E-state index contributed by atoms with van der Waals surface area (Å²) in [6.45, 7) is 0.329. The van der Waals surface area contributed by atoms with E-state index in [2.05, 4.69) is 4.98 Å². The average molecular weight is 273 g/mol. The standard InChI is InChI=1S/C13H11N3O2S/c14-13-15-8(7-19-13)5-6-16-11(17)9-3-1-2-4-10(9)12(16)18/h1-4,7H,5-6H2,(H2,14,15). The molecule has 96 valence electrons. The third-order valence-corrected chi connectivity index (χ3v) is 3.76. The molecule has 0 saturated carbocycles. The number of benzene rings is 1. The summed E-state index contributed by atoms with van der Waals surface area (Å²) in [5.74, 6) is -0.465. The highest BCUT2D eigenvalue weighted by molar-refractivity contribution is 7.13. The van der Waals surface area contributed by atoms with Gasteiger partial charge in [-0.15, -0.1) is 11.3 Å². The highest BCUT2D eigenvalue weighted by Gasteiger charge is 2.34. The minimum Gasteiger partial charge on any atom is -0.375 e. The van der Waals surface area contributed by atoms with Crippen molar-refractivity contribution in [2.75, 3.05) is 12.3 Å². The number of nitrogen functional groups attached to an aromatic ring is 1. The molecule has 0 radical (unpaired) electrons. The second-order valence-electron chi connectivity index (χ2n) is 4.23. The number of nitrogens with two attached hydrogens (primary N) is 1. The maximum Gasteiger partial charge on any atom is 0.261 e. The predicted molar refractivity (Wildman–Crippen MR) is 72.0 cm³/mol. The SMILES string of the molecule is Nc1nc(CCN2C(=O)c3ccccc3C2=O)cs1. The second-order valence-corrected chi connectivity index (χ2v) is 5.12. The molecule has 6 heteroatoms. The highest BCUT2D eigenvalue weighted by Crippen LogP contribution is 2.22. The maximum absolute atomic E-state index is 12.1. The molecule has 0 aliphatic carbocycles. The number of hydrogen-bond acceptors (Lipinski definition) is 5. The monoisotopic (exact) mass is 273 g/mol. The number of carbonyl (C=O) groups is 2. The zero-order valence-electron chi connectivity index (χ0n) is 10.00. The van der Waals surface area contributed by atoms with Gasteiger partial charge in [-0.05, 0) is 12.1 Å². The fourth-order valence-electron chi connectivity index (χ4n) is 2.11. The van der Waals surface area contributed by atoms with Crippen LogP contribution in [0.1, 0.15) is 26.4 Å². The van der Waals surface area contributed by atoms with E-state index < -0.39 is 0 Å². The molecule has 0 fully saturated rings. The molecule has 1 aliphatic heterocycles. The molecule has 0 bridgehead atoms. The van der Waals surface area contributed by atoms with Crippen molar-refractivity contribution < 1.29 is 9.59 Å². The molecule has 2 amide bonds. The van der Waals surface area contributed by atoms with Crippen molar-refractivity contribution in [1.82, 2.24) is 9.88 Å². The number of amides is 2. The first kappa shape index (κ1) is 11.9. The highest BCUT2D eigenvalue weighted by atomic mass is 32.1. The normalized spacial score (nSPS) is 14.0. The first-order chi connectivity index (χ1) is 9.16. The molecule has 2 aromatic rings. The Morgan fingerprint density at radius 3 is 2.32 bits per heavy atom. The number of hydrogen-bond donors (Lipinski definition) is 1. The lowest BCUT2D eigenvalue weighted by Gasteiger charge is -2.12.